The molecule has 1 aromatic carbocycles. The van der Waals surface area contributed by atoms with Crippen LogP contribution in [0.3, 0.4) is 0 Å². The molecule has 0 spiro atoms. The monoisotopic (exact) mass is 471 g/mol. The molecule has 1 aliphatic rings. The lowest BCUT2D eigenvalue weighted by Gasteiger charge is -2.01. The number of pyridine rings is 1. The number of carbonyl (C=O) groups is 1. The fourth-order valence-corrected chi connectivity index (χ4v) is 4.47. The van der Waals surface area contributed by atoms with E-state index in [9.17, 15) is 4.79 Å². The topological polar surface area (TPSA) is 67.5 Å². The molecule has 28 heavy (non-hydrogen) atoms. The maximum Gasteiger partial charge on any atom is 0.264 e. The van der Waals surface area contributed by atoms with Gasteiger partial charge in [-0.25, -0.2) is 9.98 Å². The smallest absolute Gasteiger partial charge is 0.264 e. The highest BCUT2D eigenvalue weighted by molar-refractivity contribution is 9.10. The Morgan fingerprint density at radius 2 is 2.14 bits per heavy atom. The first kappa shape index (κ1) is 19.0. The van der Waals surface area contributed by atoms with Crippen LogP contribution < -0.4 is 5.32 Å². The number of nitrogens with zero attached hydrogens (tertiary/aromatic N) is 2. The Morgan fingerprint density at radius 1 is 1.25 bits per heavy atom. The zero-order valence-corrected chi connectivity index (χ0v) is 17.9. The van der Waals surface area contributed by atoms with Crippen molar-refractivity contribution in [1.29, 1.82) is 0 Å². The van der Waals surface area contributed by atoms with Crippen molar-refractivity contribution >= 4 is 62.3 Å². The van der Waals surface area contributed by atoms with Crippen molar-refractivity contribution in [2.45, 2.75) is 17.0 Å². The largest absolute Gasteiger partial charge is 0.450 e. The lowest BCUT2D eigenvalue weighted by molar-refractivity contribution is -0.115. The molecule has 1 aliphatic heterocycles. The van der Waals surface area contributed by atoms with Crippen LogP contribution in [0.5, 0.6) is 0 Å². The molecule has 4 rings (SSSR count). The van der Waals surface area contributed by atoms with Gasteiger partial charge in [-0.1, -0.05) is 22.0 Å². The Hall–Kier alpha value is -2.29. The Bertz CT molecular complexity index is 1090. The third-order valence-electron chi connectivity index (χ3n) is 3.75. The quantitative estimate of drug-likeness (QED) is 0.487. The number of aryl methyl sites for hydroxylation is 1. The molecule has 1 saturated heterocycles. The number of hydrogen-bond acceptors (Lipinski definition) is 6. The SMILES string of the molecule is Cc1cc(Br)ccc1N=C1NC(=O)/C(=C/c2ccc(Sc3ccccn3)o2)S1. The number of benzene rings is 1. The third kappa shape index (κ3) is 4.57. The van der Waals surface area contributed by atoms with Crippen LogP contribution >= 0.6 is 39.5 Å². The van der Waals surface area contributed by atoms with E-state index in [4.69, 9.17) is 4.42 Å². The van der Waals surface area contributed by atoms with Gasteiger partial charge in [-0.05, 0) is 78.5 Å². The van der Waals surface area contributed by atoms with E-state index in [-0.39, 0.29) is 5.91 Å². The minimum absolute atomic E-state index is 0.186. The molecule has 0 unspecified atom stereocenters. The van der Waals surface area contributed by atoms with Gasteiger partial charge in [0.1, 0.15) is 10.8 Å². The normalized spacial score (nSPS) is 16.7. The average Bonchev–Trinajstić information content (AvgIpc) is 3.25. The van der Waals surface area contributed by atoms with Crippen LogP contribution in [0.25, 0.3) is 6.08 Å². The lowest BCUT2D eigenvalue weighted by Crippen LogP contribution is -2.19. The number of aromatic nitrogens is 1. The first-order valence-corrected chi connectivity index (χ1v) is 10.7. The van der Waals surface area contributed by atoms with Crippen molar-refractivity contribution in [3.8, 4) is 0 Å². The number of furan rings is 1. The van der Waals surface area contributed by atoms with Gasteiger partial charge in [0.05, 0.1) is 10.6 Å². The van der Waals surface area contributed by atoms with Crippen LogP contribution in [0.1, 0.15) is 11.3 Å². The van der Waals surface area contributed by atoms with E-state index in [0.29, 0.717) is 20.9 Å². The molecule has 8 heteroatoms. The summed E-state index contributed by atoms with van der Waals surface area (Å²) in [6.45, 7) is 1.98. The molecule has 3 aromatic rings. The van der Waals surface area contributed by atoms with Gasteiger partial charge in [-0.2, -0.15) is 0 Å². The Kier molecular flexibility index (Phi) is 5.70. The second-order valence-electron chi connectivity index (χ2n) is 5.84. The predicted molar refractivity (Wildman–Crippen MR) is 117 cm³/mol. The summed E-state index contributed by atoms with van der Waals surface area (Å²) in [7, 11) is 0. The number of carbonyl (C=O) groups excluding carboxylic acids is 1. The summed E-state index contributed by atoms with van der Waals surface area (Å²) >= 11 is 6.16. The van der Waals surface area contributed by atoms with Crippen LogP contribution in [0.15, 0.2) is 83.6 Å². The van der Waals surface area contributed by atoms with E-state index in [1.165, 1.54) is 23.5 Å². The number of hydrogen-bond donors (Lipinski definition) is 1. The van der Waals surface area contributed by atoms with Gasteiger partial charge in [0, 0.05) is 16.7 Å². The molecular weight excluding hydrogens is 458 g/mol. The predicted octanol–water partition coefficient (Wildman–Crippen LogP) is 5.79. The van der Waals surface area contributed by atoms with Gasteiger partial charge in [0.15, 0.2) is 10.3 Å². The molecule has 3 heterocycles. The van der Waals surface area contributed by atoms with Crippen molar-refractivity contribution in [2.24, 2.45) is 4.99 Å². The fraction of sp³-hybridized carbons (Fsp3) is 0.0500. The molecule has 0 saturated carbocycles. The molecule has 0 atom stereocenters. The summed E-state index contributed by atoms with van der Waals surface area (Å²) in [4.78, 5) is 21.6. The minimum Gasteiger partial charge on any atom is -0.450 e. The maximum absolute atomic E-state index is 12.3. The van der Waals surface area contributed by atoms with Crippen LogP contribution in [-0.4, -0.2) is 16.1 Å². The summed E-state index contributed by atoms with van der Waals surface area (Å²) in [5.41, 5.74) is 1.84. The van der Waals surface area contributed by atoms with Gasteiger partial charge in [-0.15, -0.1) is 0 Å². The second-order valence-corrected chi connectivity index (χ2v) is 8.81. The molecule has 1 fully saturated rings. The maximum atomic E-state index is 12.3. The highest BCUT2D eigenvalue weighted by Gasteiger charge is 2.24. The molecule has 0 radical (unpaired) electrons. The van der Waals surface area contributed by atoms with Crippen molar-refractivity contribution in [3.05, 3.63) is 75.4 Å². The third-order valence-corrected chi connectivity index (χ3v) is 6.02. The summed E-state index contributed by atoms with van der Waals surface area (Å²) in [6, 6.07) is 15.2. The van der Waals surface area contributed by atoms with E-state index in [1.54, 1.807) is 12.3 Å². The van der Waals surface area contributed by atoms with Gasteiger partial charge < -0.3 is 9.73 Å². The molecule has 0 bridgehead atoms. The number of thioether (sulfide) groups is 1. The van der Waals surface area contributed by atoms with Crippen LogP contribution in [0, 0.1) is 6.92 Å². The molecule has 1 N–H and O–H groups in total. The molecular formula is C20H14BrN3O2S2. The second kappa shape index (κ2) is 8.38. The number of amides is 1. The van der Waals surface area contributed by atoms with Crippen molar-refractivity contribution in [1.82, 2.24) is 10.3 Å². The van der Waals surface area contributed by atoms with Gasteiger partial charge in [0.25, 0.3) is 5.91 Å². The Balaban J connectivity index is 1.50. The Morgan fingerprint density at radius 3 is 2.93 bits per heavy atom. The summed E-state index contributed by atoms with van der Waals surface area (Å²) in [5.74, 6) is 0.422. The van der Waals surface area contributed by atoms with Crippen molar-refractivity contribution < 1.29 is 9.21 Å². The number of rotatable bonds is 4. The zero-order valence-electron chi connectivity index (χ0n) is 14.7. The summed E-state index contributed by atoms with van der Waals surface area (Å²) in [5, 5.41) is 4.92. The lowest BCUT2D eigenvalue weighted by atomic mass is 10.2. The molecule has 0 aliphatic carbocycles. The van der Waals surface area contributed by atoms with Crippen LogP contribution in [0.4, 0.5) is 5.69 Å². The number of nitrogens with one attached hydrogen (secondary N) is 1. The molecule has 140 valence electrons. The average molecular weight is 472 g/mol. The summed E-state index contributed by atoms with van der Waals surface area (Å²) < 4.78 is 6.79. The zero-order chi connectivity index (χ0) is 19.5. The molecule has 1 amide bonds. The molecule has 2 aromatic heterocycles. The summed E-state index contributed by atoms with van der Waals surface area (Å²) in [6.07, 6.45) is 3.46. The fourth-order valence-electron chi connectivity index (χ4n) is 2.44. The van der Waals surface area contributed by atoms with Crippen LogP contribution in [-0.2, 0) is 4.79 Å². The van der Waals surface area contributed by atoms with Gasteiger partial charge >= 0.3 is 0 Å². The van der Waals surface area contributed by atoms with E-state index in [2.05, 4.69) is 31.2 Å². The van der Waals surface area contributed by atoms with Crippen molar-refractivity contribution in [2.75, 3.05) is 0 Å². The number of amidine groups is 1. The highest BCUT2D eigenvalue weighted by Crippen LogP contribution is 2.32. The first-order chi connectivity index (χ1) is 13.6. The van der Waals surface area contributed by atoms with Crippen molar-refractivity contribution in [3.63, 3.8) is 0 Å². The number of halogens is 1. The van der Waals surface area contributed by atoms with Crippen LogP contribution in [0.2, 0.25) is 0 Å². The highest BCUT2D eigenvalue weighted by atomic mass is 79.9. The minimum atomic E-state index is -0.186. The van der Waals surface area contributed by atoms with Gasteiger partial charge in [0.2, 0.25) is 0 Å². The van der Waals surface area contributed by atoms with E-state index >= 15 is 0 Å². The van der Waals surface area contributed by atoms with E-state index < -0.39 is 0 Å². The number of aliphatic imine (C=N–C) groups is 1. The Labute approximate surface area is 178 Å². The van der Waals surface area contributed by atoms with E-state index in [0.717, 1.165) is 20.7 Å². The van der Waals surface area contributed by atoms with E-state index in [1.807, 2.05) is 55.5 Å². The van der Waals surface area contributed by atoms with Gasteiger partial charge in [-0.3, -0.25) is 4.79 Å². The first-order valence-electron chi connectivity index (χ1n) is 8.31. The molecule has 5 nitrogen and oxygen atoms in total. The standard InChI is InChI=1S/C20H14BrN3O2S2/c1-12-10-13(21)5-7-15(12)23-20-24-19(25)16(27-20)11-14-6-8-18(26-14)28-17-4-2-3-9-22-17/h2-11H,1H3,(H,23,24,25)/b16-11-.